The molecule has 1 fully saturated rings. The molecule has 0 spiro atoms. The van der Waals surface area contributed by atoms with Crippen LogP contribution < -0.4 is 10.6 Å². The van der Waals surface area contributed by atoms with Crippen molar-refractivity contribution in [2.24, 2.45) is 0 Å². The summed E-state index contributed by atoms with van der Waals surface area (Å²) >= 11 is 1.87. The highest BCUT2D eigenvalue weighted by Gasteiger charge is 2.28. The summed E-state index contributed by atoms with van der Waals surface area (Å²) in [6, 6.07) is 9.82. The number of hydrogen-bond acceptors (Lipinski definition) is 4. The van der Waals surface area contributed by atoms with E-state index in [9.17, 15) is 9.90 Å². The van der Waals surface area contributed by atoms with Crippen LogP contribution in [-0.4, -0.2) is 41.7 Å². The van der Waals surface area contributed by atoms with E-state index in [-0.39, 0.29) is 18.6 Å². The van der Waals surface area contributed by atoms with E-state index in [1.54, 1.807) is 0 Å². The summed E-state index contributed by atoms with van der Waals surface area (Å²) < 4.78 is 0. The maximum atomic E-state index is 12.2. The molecule has 0 bridgehead atoms. The Morgan fingerprint density at radius 1 is 1.50 bits per heavy atom. The van der Waals surface area contributed by atoms with Gasteiger partial charge >= 0.3 is 0 Å². The number of aliphatic hydroxyl groups excluding tert-OH is 1. The summed E-state index contributed by atoms with van der Waals surface area (Å²) in [6.45, 7) is 2.69. The fourth-order valence-electron chi connectivity index (χ4n) is 2.34. The van der Waals surface area contributed by atoms with Gasteiger partial charge in [-0.15, -0.1) is 0 Å². The van der Waals surface area contributed by atoms with Crippen LogP contribution in [0.15, 0.2) is 30.3 Å². The van der Waals surface area contributed by atoms with Crippen molar-refractivity contribution in [3.05, 3.63) is 35.9 Å². The fraction of sp³-hybridized carbons (Fsp3) is 0.533. The molecule has 110 valence electrons. The van der Waals surface area contributed by atoms with E-state index >= 15 is 0 Å². The van der Waals surface area contributed by atoms with Gasteiger partial charge in [0, 0.05) is 30.5 Å². The average Bonchev–Trinajstić information content (AvgIpc) is 2.49. The van der Waals surface area contributed by atoms with Crippen LogP contribution in [0.2, 0.25) is 0 Å². The molecule has 4 nitrogen and oxygen atoms in total. The zero-order valence-corrected chi connectivity index (χ0v) is 12.6. The smallest absolute Gasteiger partial charge is 0.222 e. The molecule has 20 heavy (non-hydrogen) atoms. The monoisotopic (exact) mass is 294 g/mol. The molecule has 0 radical (unpaired) electrons. The fourth-order valence-corrected chi connectivity index (χ4v) is 3.29. The van der Waals surface area contributed by atoms with E-state index in [1.807, 2.05) is 49.0 Å². The summed E-state index contributed by atoms with van der Waals surface area (Å²) in [4.78, 5) is 12.2. The van der Waals surface area contributed by atoms with Crippen LogP contribution in [0.3, 0.4) is 0 Å². The van der Waals surface area contributed by atoms with Crippen LogP contribution >= 0.6 is 11.8 Å². The number of amides is 1. The molecule has 3 N–H and O–H groups in total. The lowest BCUT2D eigenvalue weighted by Crippen LogP contribution is -2.49. The van der Waals surface area contributed by atoms with Crippen LogP contribution in [0.4, 0.5) is 0 Å². The average molecular weight is 294 g/mol. The number of carbonyl (C=O) groups excluding carboxylic acids is 1. The Labute approximate surface area is 124 Å². The minimum absolute atomic E-state index is 0.0228. The molecule has 1 saturated heterocycles. The van der Waals surface area contributed by atoms with E-state index in [2.05, 4.69) is 10.6 Å². The van der Waals surface area contributed by atoms with Crippen LogP contribution in [-0.2, 0) is 10.3 Å². The summed E-state index contributed by atoms with van der Waals surface area (Å²) in [7, 11) is 0. The molecule has 5 heteroatoms. The molecule has 2 atom stereocenters. The van der Waals surface area contributed by atoms with Crippen molar-refractivity contribution in [3.8, 4) is 0 Å². The van der Waals surface area contributed by atoms with Gasteiger partial charge in [-0.2, -0.15) is 11.8 Å². The van der Waals surface area contributed by atoms with Gasteiger partial charge in [-0.1, -0.05) is 30.3 Å². The zero-order valence-electron chi connectivity index (χ0n) is 11.8. The van der Waals surface area contributed by atoms with Crippen LogP contribution in [0.1, 0.15) is 18.9 Å². The number of thioether (sulfide) groups is 1. The predicted octanol–water partition coefficient (Wildman–Crippen LogP) is 1.11. The molecule has 2 unspecified atom stereocenters. The first-order valence-electron chi connectivity index (χ1n) is 6.92. The van der Waals surface area contributed by atoms with E-state index in [1.165, 1.54) is 0 Å². The second-order valence-corrected chi connectivity index (χ2v) is 6.48. The SMILES string of the molecule is CC(CO)(NC(=O)CC1CSCCN1)c1ccccc1. The minimum Gasteiger partial charge on any atom is -0.394 e. The Morgan fingerprint density at radius 2 is 2.25 bits per heavy atom. The second kappa shape index (κ2) is 7.11. The van der Waals surface area contributed by atoms with Gasteiger partial charge in [-0.05, 0) is 12.5 Å². The lowest BCUT2D eigenvalue weighted by molar-refractivity contribution is -0.124. The lowest BCUT2D eigenvalue weighted by Gasteiger charge is -2.31. The van der Waals surface area contributed by atoms with Crippen molar-refractivity contribution in [1.29, 1.82) is 0 Å². The van der Waals surface area contributed by atoms with Crippen LogP contribution in [0.25, 0.3) is 0 Å². The van der Waals surface area contributed by atoms with E-state index in [4.69, 9.17) is 0 Å². The Kier molecular flexibility index (Phi) is 5.46. The zero-order chi connectivity index (χ0) is 14.4. The van der Waals surface area contributed by atoms with Gasteiger partial charge in [0.15, 0.2) is 0 Å². The molecule has 1 aliphatic rings. The summed E-state index contributed by atoms with van der Waals surface area (Å²) in [5, 5.41) is 16.0. The largest absolute Gasteiger partial charge is 0.394 e. The van der Waals surface area contributed by atoms with Gasteiger partial charge in [0.1, 0.15) is 0 Å². The molecule has 1 aromatic rings. The molecule has 0 aromatic heterocycles. The van der Waals surface area contributed by atoms with Gasteiger partial charge in [-0.25, -0.2) is 0 Å². The molecule has 2 rings (SSSR count). The van der Waals surface area contributed by atoms with Crippen molar-refractivity contribution < 1.29 is 9.90 Å². The highest BCUT2D eigenvalue weighted by Crippen LogP contribution is 2.20. The Hall–Kier alpha value is -1.04. The number of carbonyl (C=O) groups is 1. The maximum Gasteiger partial charge on any atom is 0.222 e. The van der Waals surface area contributed by atoms with Gasteiger partial charge in [0.2, 0.25) is 5.91 Å². The molecular formula is C15H22N2O2S. The summed E-state index contributed by atoms with van der Waals surface area (Å²) in [5.41, 5.74) is 0.196. The van der Waals surface area contributed by atoms with Crippen molar-refractivity contribution in [3.63, 3.8) is 0 Å². The number of benzene rings is 1. The molecular weight excluding hydrogens is 272 g/mol. The van der Waals surface area contributed by atoms with Crippen molar-refractivity contribution in [1.82, 2.24) is 10.6 Å². The van der Waals surface area contributed by atoms with Crippen LogP contribution in [0, 0.1) is 0 Å². The van der Waals surface area contributed by atoms with Crippen molar-refractivity contribution in [2.75, 3.05) is 24.7 Å². The Balaban J connectivity index is 1.96. The number of rotatable bonds is 5. The first-order chi connectivity index (χ1) is 9.64. The lowest BCUT2D eigenvalue weighted by atomic mass is 9.92. The third-order valence-electron chi connectivity index (χ3n) is 3.57. The predicted molar refractivity (Wildman–Crippen MR) is 82.8 cm³/mol. The van der Waals surface area contributed by atoms with Crippen LogP contribution in [0.5, 0.6) is 0 Å². The first kappa shape index (κ1) is 15.4. The Bertz CT molecular complexity index is 435. The summed E-state index contributed by atoms with van der Waals surface area (Å²) in [6.07, 6.45) is 0.454. The number of aliphatic hydroxyl groups is 1. The number of hydrogen-bond donors (Lipinski definition) is 3. The normalized spacial score (nSPS) is 22.0. The third kappa shape index (κ3) is 3.98. The van der Waals surface area contributed by atoms with Gasteiger partial charge < -0.3 is 15.7 Å². The molecule has 0 aliphatic carbocycles. The summed E-state index contributed by atoms with van der Waals surface area (Å²) in [5.74, 6) is 2.05. The second-order valence-electron chi connectivity index (χ2n) is 5.33. The molecule has 1 aromatic carbocycles. The minimum atomic E-state index is -0.722. The highest BCUT2D eigenvalue weighted by molar-refractivity contribution is 7.99. The highest BCUT2D eigenvalue weighted by atomic mass is 32.2. The van der Waals surface area contributed by atoms with Gasteiger partial charge in [-0.3, -0.25) is 4.79 Å². The van der Waals surface area contributed by atoms with Gasteiger partial charge in [0.25, 0.3) is 0 Å². The van der Waals surface area contributed by atoms with E-state index in [0.29, 0.717) is 6.42 Å². The van der Waals surface area contributed by atoms with E-state index < -0.39 is 5.54 Å². The molecule has 0 saturated carbocycles. The number of nitrogens with one attached hydrogen (secondary N) is 2. The maximum absolute atomic E-state index is 12.2. The quantitative estimate of drug-likeness (QED) is 0.761. The standard InChI is InChI=1S/C15H22N2O2S/c1-15(11-18,12-5-3-2-4-6-12)17-14(19)9-13-10-20-8-7-16-13/h2-6,13,16,18H,7-11H2,1H3,(H,17,19). The molecule has 1 aliphatic heterocycles. The molecule has 1 amide bonds. The van der Waals surface area contributed by atoms with E-state index in [0.717, 1.165) is 23.6 Å². The topological polar surface area (TPSA) is 61.4 Å². The van der Waals surface area contributed by atoms with Crippen molar-refractivity contribution >= 4 is 17.7 Å². The first-order valence-corrected chi connectivity index (χ1v) is 8.08. The Morgan fingerprint density at radius 3 is 2.85 bits per heavy atom. The third-order valence-corrected chi connectivity index (χ3v) is 4.70. The van der Waals surface area contributed by atoms with Gasteiger partial charge in [0.05, 0.1) is 12.1 Å². The van der Waals surface area contributed by atoms with Crippen molar-refractivity contribution in [2.45, 2.75) is 24.9 Å². The molecule has 1 heterocycles.